The van der Waals surface area contributed by atoms with Crippen molar-refractivity contribution in [2.75, 3.05) is 0 Å². The summed E-state index contributed by atoms with van der Waals surface area (Å²) < 4.78 is 30.0. The topological polar surface area (TPSA) is 9.23 Å². The van der Waals surface area contributed by atoms with Crippen LogP contribution in [0.2, 0.25) is 0 Å². The quantitative estimate of drug-likeness (QED) is 0.641. The zero-order valence-corrected chi connectivity index (χ0v) is 9.42. The van der Waals surface area contributed by atoms with E-state index < -0.39 is 6.11 Å². The number of hydrogen-bond donors (Lipinski definition) is 0. The van der Waals surface area contributed by atoms with Crippen molar-refractivity contribution >= 4 is 0 Å². The van der Waals surface area contributed by atoms with E-state index in [2.05, 4.69) is 11.3 Å². The van der Waals surface area contributed by atoms with E-state index in [0.717, 1.165) is 31.3 Å². The van der Waals surface area contributed by atoms with Gasteiger partial charge in [0.25, 0.3) is 0 Å². The molecule has 2 aliphatic rings. The summed E-state index contributed by atoms with van der Waals surface area (Å²) in [6, 6.07) is 0. The molecular weight excluding hydrogens is 210 g/mol. The van der Waals surface area contributed by atoms with Gasteiger partial charge in [0.2, 0.25) is 0 Å². The molecular formula is C13H18F2O. The molecule has 3 heteroatoms. The summed E-state index contributed by atoms with van der Waals surface area (Å²) in [5, 5.41) is 0. The van der Waals surface area contributed by atoms with Crippen LogP contribution in [0, 0.1) is 11.8 Å². The monoisotopic (exact) mass is 228 g/mol. The Bertz CT molecular complexity index is 288. The molecule has 0 saturated heterocycles. The largest absolute Gasteiger partial charge is 0.441 e. The second-order valence-electron chi connectivity index (χ2n) is 4.80. The van der Waals surface area contributed by atoms with Crippen LogP contribution in [0.25, 0.3) is 0 Å². The highest BCUT2D eigenvalue weighted by Crippen LogP contribution is 2.39. The highest BCUT2D eigenvalue weighted by molar-refractivity contribution is 5.08. The van der Waals surface area contributed by atoms with Crippen LogP contribution in [0.4, 0.5) is 8.78 Å². The summed E-state index contributed by atoms with van der Waals surface area (Å²) in [4.78, 5) is 0. The average molecular weight is 228 g/mol. The van der Waals surface area contributed by atoms with Gasteiger partial charge in [-0.3, -0.25) is 0 Å². The fraction of sp³-hybridized carbons (Fsp3) is 0.692. The standard InChI is InChI=1S/C13H18F2O/c1-2-10-3-5-11(6-4-10)12-7-8-13(14,15)16-9-12/h2,9-11H,1,3-8H2. The summed E-state index contributed by atoms with van der Waals surface area (Å²) in [6.07, 6.45) is 5.11. The maximum Gasteiger partial charge on any atom is 0.397 e. The molecule has 0 unspecified atom stereocenters. The van der Waals surface area contributed by atoms with Gasteiger partial charge in [0.05, 0.1) is 12.7 Å². The summed E-state index contributed by atoms with van der Waals surface area (Å²) in [5.41, 5.74) is 1.08. The molecule has 16 heavy (non-hydrogen) atoms. The fourth-order valence-corrected chi connectivity index (χ4v) is 2.60. The van der Waals surface area contributed by atoms with E-state index >= 15 is 0 Å². The molecule has 1 heterocycles. The maximum atomic E-state index is 12.8. The van der Waals surface area contributed by atoms with E-state index in [0.29, 0.717) is 18.3 Å². The van der Waals surface area contributed by atoms with Crippen molar-refractivity contribution in [3.05, 3.63) is 24.5 Å². The van der Waals surface area contributed by atoms with Crippen molar-refractivity contribution < 1.29 is 13.5 Å². The van der Waals surface area contributed by atoms with Crippen LogP contribution in [0.1, 0.15) is 38.5 Å². The lowest BCUT2D eigenvalue weighted by Crippen LogP contribution is -2.25. The average Bonchev–Trinajstić information content (AvgIpc) is 2.29. The lowest BCUT2D eigenvalue weighted by atomic mass is 9.77. The Balaban J connectivity index is 1.90. The van der Waals surface area contributed by atoms with E-state index in [-0.39, 0.29) is 6.42 Å². The van der Waals surface area contributed by atoms with E-state index in [4.69, 9.17) is 0 Å². The van der Waals surface area contributed by atoms with Crippen LogP contribution in [0.15, 0.2) is 24.5 Å². The molecule has 90 valence electrons. The Morgan fingerprint density at radius 3 is 2.50 bits per heavy atom. The van der Waals surface area contributed by atoms with E-state index in [1.54, 1.807) is 0 Å². The van der Waals surface area contributed by atoms with Gasteiger partial charge in [-0.15, -0.1) is 6.58 Å². The van der Waals surface area contributed by atoms with E-state index in [1.807, 2.05) is 6.08 Å². The third-order valence-electron chi connectivity index (χ3n) is 3.72. The summed E-state index contributed by atoms with van der Waals surface area (Å²) in [5.74, 6) is 1.06. The molecule has 1 aliphatic carbocycles. The summed E-state index contributed by atoms with van der Waals surface area (Å²) in [7, 11) is 0. The SMILES string of the molecule is C=CC1CCC(C2=COC(F)(F)CC2)CC1. The van der Waals surface area contributed by atoms with Gasteiger partial charge in [-0.05, 0) is 49.5 Å². The molecule has 1 fully saturated rings. The smallest absolute Gasteiger partial charge is 0.397 e. The van der Waals surface area contributed by atoms with Crippen LogP contribution < -0.4 is 0 Å². The second kappa shape index (κ2) is 4.56. The minimum Gasteiger partial charge on any atom is -0.441 e. The van der Waals surface area contributed by atoms with Gasteiger partial charge in [-0.25, -0.2) is 0 Å². The van der Waals surface area contributed by atoms with Crippen LogP contribution in [0.3, 0.4) is 0 Å². The Kier molecular flexibility index (Phi) is 3.31. The van der Waals surface area contributed by atoms with Crippen molar-refractivity contribution in [3.8, 4) is 0 Å². The van der Waals surface area contributed by atoms with Crippen LogP contribution in [0.5, 0.6) is 0 Å². The number of allylic oxidation sites excluding steroid dienone is 2. The van der Waals surface area contributed by atoms with Crippen molar-refractivity contribution in [3.63, 3.8) is 0 Å². The molecule has 0 aromatic heterocycles. The molecule has 0 spiro atoms. The van der Waals surface area contributed by atoms with Crippen LogP contribution in [-0.4, -0.2) is 6.11 Å². The first-order valence-electron chi connectivity index (χ1n) is 5.98. The Morgan fingerprint density at radius 2 is 2.00 bits per heavy atom. The number of alkyl halides is 2. The first-order chi connectivity index (χ1) is 7.61. The van der Waals surface area contributed by atoms with Crippen molar-refractivity contribution in [1.29, 1.82) is 0 Å². The Morgan fingerprint density at radius 1 is 1.31 bits per heavy atom. The van der Waals surface area contributed by atoms with Gasteiger partial charge in [-0.2, -0.15) is 8.78 Å². The van der Waals surface area contributed by atoms with Gasteiger partial charge in [-0.1, -0.05) is 6.08 Å². The predicted molar refractivity (Wildman–Crippen MR) is 59.0 cm³/mol. The lowest BCUT2D eigenvalue weighted by Gasteiger charge is -2.31. The van der Waals surface area contributed by atoms with Gasteiger partial charge in [0.1, 0.15) is 0 Å². The van der Waals surface area contributed by atoms with Crippen molar-refractivity contribution in [1.82, 2.24) is 0 Å². The highest BCUT2D eigenvalue weighted by Gasteiger charge is 2.35. The zero-order chi connectivity index (χ0) is 11.6. The lowest BCUT2D eigenvalue weighted by molar-refractivity contribution is -0.215. The van der Waals surface area contributed by atoms with Gasteiger partial charge < -0.3 is 4.74 Å². The molecule has 1 saturated carbocycles. The fourth-order valence-electron chi connectivity index (χ4n) is 2.60. The summed E-state index contributed by atoms with van der Waals surface area (Å²) in [6.45, 7) is 3.80. The molecule has 0 aromatic rings. The molecule has 1 aliphatic heterocycles. The number of hydrogen-bond acceptors (Lipinski definition) is 1. The predicted octanol–water partition coefficient (Wildman–Crippen LogP) is 4.27. The number of rotatable bonds is 2. The Hall–Kier alpha value is -0.860. The van der Waals surface area contributed by atoms with Crippen molar-refractivity contribution in [2.45, 2.75) is 44.6 Å². The molecule has 0 aromatic carbocycles. The zero-order valence-electron chi connectivity index (χ0n) is 9.42. The maximum absolute atomic E-state index is 12.8. The molecule has 1 nitrogen and oxygen atoms in total. The van der Waals surface area contributed by atoms with Gasteiger partial charge in [0, 0.05) is 0 Å². The van der Waals surface area contributed by atoms with Gasteiger partial charge in [0.15, 0.2) is 0 Å². The third kappa shape index (κ3) is 2.63. The van der Waals surface area contributed by atoms with Gasteiger partial charge >= 0.3 is 6.11 Å². The van der Waals surface area contributed by atoms with Crippen LogP contribution in [-0.2, 0) is 4.74 Å². The molecule has 0 bridgehead atoms. The second-order valence-corrected chi connectivity index (χ2v) is 4.80. The van der Waals surface area contributed by atoms with Crippen LogP contribution >= 0.6 is 0 Å². The van der Waals surface area contributed by atoms with E-state index in [9.17, 15) is 8.78 Å². The summed E-state index contributed by atoms with van der Waals surface area (Å²) >= 11 is 0. The molecule has 0 N–H and O–H groups in total. The molecule has 0 amide bonds. The molecule has 2 rings (SSSR count). The third-order valence-corrected chi connectivity index (χ3v) is 3.72. The molecule has 0 atom stereocenters. The normalized spacial score (nSPS) is 33.8. The first kappa shape index (κ1) is 11.6. The van der Waals surface area contributed by atoms with E-state index in [1.165, 1.54) is 6.26 Å². The minimum absolute atomic E-state index is 0.166. The number of ether oxygens (including phenoxy) is 1. The number of halogens is 2. The minimum atomic E-state index is -2.94. The Labute approximate surface area is 95.2 Å². The highest BCUT2D eigenvalue weighted by atomic mass is 19.3. The first-order valence-corrected chi connectivity index (χ1v) is 5.98. The van der Waals surface area contributed by atoms with Crippen molar-refractivity contribution in [2.24, 2.45) is 11.8 Å². The molecule has 0 radical (unpaired) electrons.